The minimum absolute atomic E-state index is 0.129. The Balaban J connectivity index is 1.19. The van der Waals surface area contributed by atoms with Crippen LogP contribution in [0.25, 0.3) is 0 Å². The molecule has 1 aliphatic rings. The van der Waals surface area contributed by atoms with Crippen LogP contribution in [0, 0.1) is 5.92 Å². The van der Waals surface area contributed by atoms with Gasteiger partial charge in [0.2, 0.25) is 5.91 Å². The zero-order chi connectivity index (χ0) is 32.8. The summed E-state index contributed by atoms with van der Waals surface area (Å²) in [6.45, 7) is 0.798. The molecule has 7 heteroatoms. The van der Waals surface area contributed by atoms with Crippen molar-refractivity contribution in [1.82, 2.24) is 0 Å². The van der Waals surface area contributed by atoms with Crippen molar-refractivity contribution in [3.05, 3.63) is 126 Å². The Bertz CT molecular complexity index is 1580. The first-order valence-corrected chi connectivity index (χ1v) is 16.6. The van der Waals surface area contributed by atoms with Crippen molar-refractivity contribution in [2.75, 3.05) is 30.5 Å². The Morgan fingerprint density at radius 3 is 2.17 bits per heavy atom. The molecule has 0 saturated heterocycles. The molecule has 1 amide bonds. The van der Waals surface area contributed by atoms with Crippen LogP contribution >= 0.6 is 0 Å². The van der Waals surface area contributed by atoms with Crippen molar-refractivity contribution in [3.63, 3.8) is 0 Å². The molecule has 0 spiro atoms. The molecule has 0 heterocycles. The number of hydrogen-bond donors (Lipinski definition) is 1. The summed E-state index contributed by atoms with van der Waals surface area (Å²) in [6.07, 6.45) is 8.17. The Labute approximate surface area is 277 Å². The topological polar surface area (TPSA) is 84.9 Å². The average molecular weight is 633 g/mol. The highest BCUT2D eigenvalue weighted by molar-refractivity contribution is 6.12. The van der Waals surface area contributed by atoms with Gasteiger partial charge in [0, 0.05) is 35.3 Å². The molecule has 47 heavy (non-hydrogen) atoms. The van der Waals surface area contributed by atoms with Gasteiger partial charge in [0.1, 0.15) is 18.4 Å². The maximum absolute atomic E-state index is 13.3. The van der Waals surface area contributed by atoms with Gasteiger partial charge in [0.25, 0.3) is 0 Å². The number of carbonyl (C=O) groups is 3. The van der Waals surface area contributed by atoms with Crippen LogP contribution in [-0.4, -0.2) is 44.0 Å². The fourth-order valence-corrected chi connectivity index (χ4v) is 6.23. The first-order chi connectivity index (χ1) is 23.0. The molecule has 1 N–H and O–H groups in total. The van der Waals surface area contributed by atoms with Crippen LogP contribution in [0.4, 0.5) is 11.4 Å². The van der Waals surface area contributed by atoms with Crippen molar-refractivity contribution in [3.8, 4) is 5.75 Å². The number of ether oxygens (including phenoxy) is 2. The van der Waals surface area contributed by atoms with E-state index in [2.05, 4.69) is 5.32 Å². The predicted molar refractivity (Wildman–Crippen MR) is 186 cm³/mol. The lowest BCUT2D eigenvalue weighted by Crippen LogP contribution is -2.35. The standard InChI is InChI=1S/C40H44N2O5/c1-46-40(45)37(41-36-20-12-11-19-35(36)39(44)32-15-7-3-8-16-32)29-31-21-24-34(25-22-31)47-28-27-42(33-17-9-4-10-18-33)38(43)26-23-30-13-5-2-6-14-30/h3-4,7-12,15-22,24-25,30,37,41H,2,5-6,13-14,23,26-29H2,1H3/t37-/m0/s1. The largest absolute Gasteiger partial charge is 0.492 e. The average Bonchev–Trinajstić information content (AvgIpc) is 3.13. The summed E-state index contributed by atoms with van der Waals surface area (Å²) in [5.41, 5.74) is 3.40. The van der Waals surface area contributed by atoms with Gasteiger partial charge in [-0.3, -0.25) is 9.59 Å². The number of para-hydroxylation sites is 2. The lowest BCUT2D eigenvalue weighted by Gasteiger charge is -2.25. The van der Waals surface area contributed by atoms with Crippen LogP contribution in [-0.2, 0) is 20.7 Å². The minimum atomic E-state index is -0.712. The summed E-state index contributed by atoms with van der Waals surface area (Å²) in [4.78, 5) is 41.2. The third kappa shape index (κ3) is 9.55. The highest BCUT2D eigenvalue weighted by atomic mass is 16.5. The van der Waals surface area contributed by atoms with Gasteiger partial charge >= 0.3 is 5.97 Å². The zero-order valence-corrected chi connectivity index (χ0v) is 27.1. The van der Waals surface area contributed by atoms with Gasteiger partial charge in [-0.15, -0.1) is 0 Å². The summed E-state index contributed by atoms with van der Waals surface area (Å²) in [6, 6.07) is 32.9. The number of nitrogens with zero attached hydrogens (tertiary/aromatic N) is 1. The molecule has 0 unspecified atom stereocenters. The summed E-state index contributed by atoms with van der Waals surface area (Å²) in [7, 11) is 1.36. The second-order valence-electron chi connectivity index (χ2n) is 12.1. The highest BCUT2D eigenvalue weighted by Crippen LogP contribution is 2.28. The van der Waals surface area contributed by atoms with Crippen LogP contribution in [0.15, 0.2) is 109 Å². The molecule has 4 aromatic rings. The summed E-state index contributed by atoms with van der Waals surface area (Å²) < 4.78 is 11.2. The van der Waals surface area contributed by atoms with E-state index in [0.717, 1.165) is 17.7 Å². The fourth-order valence-electron chi connectivity index (χ4n) is 6.23. The molecule has 7 nitrogen and oxygen atoms in total. The quantitative estimate of drug-likeness (QED) is 0.106. The summed E-state index contributed by atoms with van der Waals surface area (Å²) in [5.74, 6) is 0.907. The van der Waals surface area contributed by atoms with E-state index in [0.29, 0.717) is 54.5 Å². The lowest BCUT2D eigenvalue weighted by molar-refractivity contribution is -0.141. The number of benzene rings is 4. The van der Waals surface area contributed by atoms with Gasteiger partial charge in [0.15, 0.2) is 5.78 Å². The number of carbonyl (C=O) groups excluding carboxylic acids is 3. The van der Waals surface area contributed by atoms with E-state index in [4.69, 9.17) is 9.47 Å². The molecule has 0 aromatic heterocycles. The Kier molecular flexibility index (Phi) is 12.2. The van der Waals surface area contributed by atoms with Gasteiger partial charge in [0.05, 0.1) is 13.7 Å². The SMILES string of the molecule is COC(=O)[C@H](Cc1ccc(OCCN(C(=O)CCC2CCCCC2)c2ccccc2)cc1)Nc1ccccc1C(=O)c1ccccc1. The minimum Gasteiger partial charge on any atom is -0.492 e. The zero-order valence-electron chi connectivity index (χ0n) is 27.1. The molecule has 1 atom stereocenters. The fraction of sp³-hybridized carbons (Fsp3) is 0.325. The van der Waals surface area contributed by atoms with E-state index in [1.807, 2.05) is 83.8 Å². The van der Waals surface area contributed by atoms with Gasteiger partial charge in [-0.05, 0) is 54.3 Å². The number of amides is 1. The van der Waals surface area contributed by atoms with Gasteiger partial charge < -0.3 is 19.7 Å². The van der Waals surface area contributed by atoms with E-state index in [9.17, 15) is 14.4 Å². The Morgan fingerprint density at radius 1 is 0.809 bits per heavy atom. The van der Waals surface area contributed by atoms with Gasteiger partial charge in [-0.2, -0.15) is 0 Å². The number of methoxy groups -OCH3 is 1. The molecule has 0 bridgehead atoms. The first kappa shape index (κ1) is 33.5. The van der Waals surface area contributed by atoms with Crippen molar-refractivity contribution < 1.29 is 23.9 Å². The molecule has 0 radical (unpaired) electrons. The Hall–Kier alpha value is -4.91. The van der Waals surface area contributed by atoms with Crippen LogP contribution in [0.5, 0.6) is 5.75 Å². The number of nitrogens with one attached hydrogen (secondary N) is 1. The molecular formula is C40H44N2O5. The van der Waals surface area contributed by atoms with Crippen LogP contribution < -0.4 is 15.0 Å². The molecule has 1 saturated carbocycles. The van der Waals surface area contributed by atoms with E-state index < -0.39 is 12.0 Å². The van der Waals surface area contributed by atoms with E-state index >= 15 is 0 Å². The van der Waals surface area contributed by atoms with Crippen LogP contribution in [0.3, 0.4) is 0 Å². The second kappa shape index (κ2) is 17.1. The van der Waals surface area contributed by atoms with Gasteiger partial charge in [-0.1, -0.05) is 105 Å². The monoisotopic (exact) mass is 632 g/mol. The maximum Gasteiger partial charge on any atom is 0.328 e. The maximum atomic E-state index is 13.3. The van der Waals surface area contributed by atoms with E-state index in [1.165, 1.54) is 39.2 Å². The molecule has 4 aromatic carbocycles. The molecule has 244 valence electrons. The normalized spacial score (nSPS) is 13.7. The predicted octanol–water partition coefficient (Wildman–Crippen LogP) is 7.89. The smallest absolute Gasteiger partial charge is 0.328 e. The van der Waals surface area contributed by atoms with E-state index in [1.54, 1.807) is 30.3 Å². The van der Waals surface area contributed by atoms with Crippen molar-refractivity contribution in [2.24, 2.45) is 5.92 Å². The number of rotatable bonds is 15. The molecule has 1 fully saturated rings. The third-order valence-corrected chi connectivity index (χ3v) is 8.83. The number of esters is 1. The third-order valence-electron chi connectivity index (χ3n) is 8.83. The molecule has 5 rings (SSSR count). The first-order valence-electron chi connectivity index (χ1n) is 16.6. The van der Waals surface area contributed by atoms with Crippen molar-refractivity contribution >= 4 is 29.0 Å². The van der Waals surface area contributed by atoms with Gasteiger partial charge in [-0.25, -0.2) is 4.79 Å². The number of hydrogen-bond acceptors (Lipinski definition) is 6. The number of ketones is 1. The second-order valence-corrected chi connectivity index (χ2v) is 12.1. The molecule has 1 aliphatic carbocycles. The number of anilines is 2. The molecule has 0 aliphatic heterocycles. The van der Waals surface area contributed by atoms with Crippen molar-refractivity contribution in [2.45, 2.75) is 57.4 Å². The summed E-state index contributed by atoms with van der Waals surface area (Å²) in [5, 5.41) is 3.25. The molecular weight excluding hydrogens is 588 g/mol. The van der Waals surface area contributed by atoms with Crippen LogP contribution in [0.1, 0.15) is 66.4 Å². The lowest BCUT2D eigenvalue weighted by atomic mass is 9.86. The van der Waals surface area contributed by atoms with E-state index in [-0.39, 0.29) is 11.7 Å². The van der Waals surface area contributed by atoms with Crippen molar-refractivity contribution in [1.29, 1.82) is 0 Å². The highest BCUT2D eigenvalue weighted by Gasteiger charge is 2.23. The Morgan fingerprint density at radius 2 is 1.47 bits per heavy atom. The summed E-state index contributed by atoms with van der Waals surface area (Å²) >= 11 is 0. The van der Waals surface area contributed by atoms with Crippen LogP contribution in [0.2, 0.25) is 0 Å².